The summed E-state index contributed by atoms with van der Waals surface area (Å²) in [4.78, 5) is 15.2. The van der Waals surface area contributed by atoms with Crippen molar-refractivity contribution in [3.05, 3.63) is 65.5 Å². The number of aryl methyl sites for hydroxylation is 1. The van der Waals surface area contributed by atoms with Gasteiger partial charge in [0.05, 0.1) is 6.10 Å². The van der Waals surface area contributed by atoms with E-state index in [4.69, 9.17) is 9.47 Å². The van der Waals surface area contributed by atoms with Crippen LogP contribution in [0.25, 0.3) is 0 Å². The summed E-state index contributed by atoms with van der Waals surface area (Å²) in [7, 11) is 0. The Morgan fingerprint density at radius 1 is 1.25 bits per heavy atom. The fraction of sp³-hybridized carbons (Fsp3) is 0.500. The second kappa shape index (κ2) is 12.0. The van der Waals surface area contributed by atoms with Gasteiger partial charge in [-0.15, -0.1) is 0 Å². The lowest BCUT2D eigenvalue weighted by Crippen LogP contribution is -2.48. The average molecular weight is 443 g/mol. The number of halogens is 1. The molecule has 5 nitrogen and oxygen atoms in total. The van der Waals surface area contributed by atoms with Crippen LogP contribution in [0.3, 0.4) is 0 Å². The first-order valence-electron chi connectivity index (χ1n) is 11.5. The smallest absolute Gasteiger partial charge is 0.262 e. The van der Waals surface area contributed by atoms with Gasteiger partial charge >= 0.3 is 0 Å². The number of para-hydroxylation sites is 1. The minimum Gasteiger partial charge on any atom is -0.476 e. The first-order valence-corrected chi connectivity index (χ1v) is 11.5. The van der Waals surface area contributed by atoms with Crippen molar-refractivity contribution in [1.29, 1.82) is 0 Å². The Kier molecular flexibility index (Phi) is 9.06. The largest absolute Gasteiger partial charge is 0.476 e. The zero-order chi connectivity index (χ0) is 22.9. The van der Waals surface area contributed by atoms with Crippen LogP contribution in [0.15, 0.2) is 48.5 Å². The second-order valence-corrected chi connectivity index (χ2v) is 8.99. The van der Waals surface area contributed by atoms with Crippen LogP contribution in [-0.4, -0.2) is 49.3 Å². The third kappa shape index (κ3) is 7.61. The van der Waals surface area contributed by atoms with Crippen molar-refractivity contribution in [3.63, 3.8) is 0 Å². The van der Waals surface area contributed by atoms with E-state index in [1.165, 1.54) is 11.6 Å². The summed E-state index contributed by atoms with van der Waals surface area (Å²) in [6, 6.07) is 14.6. The minimum absolute atomic E-state index is 0.0878. The van der Waals surface area contributed by atoms with Gasteiger partial charge in [-0.2, -0.15) is 0 Å². The van der Waals surface area contributed by atoms with E-state index in [-0.39, 0.29) is 17.8 Å². The van der Waals surface area contributed by atoms with E-state index < -0.39 is 11.9 Å². The minimum atomic E-state index is -0.836. The Morgan fingerprint density at radius 2 is 2.06 bits per heavy atom. The summed E-state index contributed by atoms with van der Waals surface area (Å²) in [6.45, 7) is 9.15. The highest BCUT2D eigenvalue weighted by atomic mass is 19.1. The number of carbonyl (C=O) groups is 1. The van der Waals surface area contributed by atoms with Gasteiger partial charge in [-0.3, -0.25) is 9.69 Å². The third-order valence-corrected chi connectivity index (χ3v) is 5.48. The topological polar surface area (TPSA) is 50.8 Å². The molecule has 3 rings (SSSR count). The molecule has 174 valence electrons. The van der Waals surface area contributed by atoms with E-state index in [1.54, 1.807) is 18.2 Å². The lowest BCUT2D eigenvalue weighted by Gasteiger charge is -2.29. The molecule has 1 fully saturated rings. The number of carbonyl (C=O) groups excluding carboxylic acids is 1. The fourth-order valence-electron chi connectivity index (χ4n) is 3.87. The highest BCUT2D eigenvalue weighted by Gasteiger charge is 2.27. The van der Waals surface area contributed by atoms with Crippen molar-refractivity contribution in [2.45, 2.75) is 52.4 Å². The van der Waals surface area contributed by atoms with Crippen LogP contribution in [0.2, 0.25) is 0 Å². The fourth-order valence-corrected chi connectivity index (χ4v) is 3.87. The van der Waals surface area contributed by atoms with Gasteiger partial charge < -0.3 is 14.8 Å². The maximum atomic E-state index is 14.3. The molecule has 2 atom stereocenters. The molecule has 0 radical (unpaired) electrons. The Labute approximate surface area is 190 Å². The van der Waals surface area contributed by atoms with Gasteiger partial charge in [-0.25, -0.2) is 4.39 Å². The van der Waals surface area contributed by atoms with Crippen molar-refractivity contribution in [3.8, 4) is 5.75 Å². The van der Waals surface area contributed by atoms with Gasteiger partial charge in [0.15, 0.2) is 17.7 Å². The van der Waals surface area contributed by atoms with Crippen LogP contribution in [0, 0.1) is 18.7 Å². The molecule has 1 aliphatic rings. The highest BCUT2D eigenvalue weighted by Crippen LogP contribution is 2.20. The monoisotopic (exact) mass is 442 g/mol. The molecule has 1 N–H and O–H groups in total. The van der Waals surface area contributed by atoms with Crippen LogP contribution in [-0.2, 0) is 16.1 Å². The van der Waals surface area contributed by atoms with Crippen LogP contribution in [0.5, 0.6) is 5.75 Å². The summed E-state index contributed by atoms with van der Waals surface area (Å²) in [5.41, 5.74) is 2.35. The number of ether oxygens (including phenoxy) is 2. The molecular formula is C26H35FN2O3. The number of hydrogen-bond donors (Lipinski definition) is 1. The van der Waals surface area contributed by atoms with Crippen LogP contribution >= 0.6 is 0 Å². The molecule has 2 aromatic carbocycles. The molecule has 6 heteroatoms. The summed E-state index contributed by atoms with van der Waals surface area (Å²) >= 11 is 0. The molecule has 2 aromatic rings. The molecule has 1 amide bonds. The molecule has 0 bridgehead atoms. The van der Waals surface area contributed by atoms with E-state index in [0.29, 0.717) is 32.1 Å². The summed E-state index contributed by atoms with van der Waals surface area (Å²) in [5.74, 6) is -0.310. The maximum absolute atomic E-state index is 14.3. The van der Waals surface area contributed by atoms with E-state index in [0.717, 1.165) is 25.0 Å². The van der Waals surface area contributed by atoms with Gasteiger partial charge in [0.25, 0.3) is 5.91 Å². The predicted octanol–water partition coefficient (Wildman–Crippen LogP) is 4.33. The highest BCUT2D eigenvalue weighted by molar-refractivity contribution is 5.81. The molecule has 2 unspecified atom stereocenters. The standard InChI is InChI=1S/C26H35FN2O3/c1-19(2)15-28-26(30)25(32-24-12-5-4-11-23(24)27)18-29(17-22-10-7-13-31-22)16-21-9-6-8-20(3)14-21/h4-6,8-9,11-12,14,19,22,25H,7,10,13,15-18H2,1-3H3,(H,28,30). The summed E-state index contributed by atoms with van der Waals surface area (Å²) in [5, 5.41) is 2.95. The quantitative estimate of drug-likeness (QED) is 0.563. The lowest BCUT2D eigenvalue weighted by molar-refractivity contribution is -0.129. The summed E-state index contributed by atoms with van der Waals surface area (Å²) in [6.07, 6.45) is 1.35. The van der Waals surface area contributed by atoms with Crippen LogP contribution in [0.1, 0.15) is 37.8 Å². The van der Waals surface area contributed by atoms with E-state index in [2.05, 4.69) is 35.3 Å². The van der Waals surface area contributed by atoms with Crippen LogP contribution < -0.4 is 10.1 Å². The summed E-state index contributed by atoms with van der Waals surface area (Å²) < 4.78 is 26.1. The van der Waals surface area contributed by atoms with E-state index in [9.17, 15) is 9.18 Å². The SMILES string of the molecule is Cc1cccc(CN(CC2CCCO2)CC(Oc2ccccc2F)C(=O)NCC(C)C)c1. The first-order chi connectivity index (χ1) is 15.4. The van der Waals surface area contributed by atoms with Gasteiger partial charge in [0, 0.05) is 32.8 Å². The molecule has 32 heavy (non-hydrogen) atoms. The molecule has 0 aromatic heterocycles. The number of nitrogens with one attached hydrogen (secondary N) is 1. The molecule has 1 heterocycles. The number of hydrogen-bond acceptors (Lipinski definition) is 4. The van der Waals surface area contributed by atoms with Gasteiger partial charge in [0.2, 0.25) is 0 Å². The Balaban J connectivity index is 1.79. The normalized spacial score (nSPS) is 17.0. The van der Waals surface area contributed by atoms with Crippen LogP contribution in [0.4, 0.5) is 4.39 Å². The molecule has 1 aliphatic heterocycles. The third-order valence-electron chi connectivity index (χ3n) is 5.48. The predicted molar refractivity (Wildman–Crippen MR) is 124 cm³/mol. The van der Waals surface area contributed by atoms with Crippen molar-refractivity contribution >= 4 is 5.91 Å². The Morgan fingerprint density at radius 3 is 2.75 bits per heavy atom. The maximum Gasteiger partial charge on any atom is 0.262 e. The number of benzene rings is 2. The molecule has 0 spiro atoms. The lowest BCUT2D eigenvalue weighted by atomic mass is 10.1. The number of nitrogens with zero attached hydrogens (tertiary/aromatic N) is 1. The number of amides is 1. The Hall–Kier alpha value is -2.44. The van der Waals surface area contributed by atoms with E-state index in [1.807, 2.05) is 19.9 Å². The van der Waals surface area contributed by atoms with Gasteiger partial charge in [0.1, 0.15) is 0 Å². The van der Waals surface area contributed by atoms with Gasteiger partial charge in [-0.05, 0) is 43.4 Å². The molecule has 0 saturated carbocycles. The van der Waals surface area contributed by atoms with Crippen molar-refractivity contribution < 1.29 is 18.7 Å². The Bertz CT molecular complexity index is 868. The first kappa shape index (κ1) is 24.2. The number of rotatable bonds is 11. The molecular weight excluding hydrogens is 407 g/mol. The van der Waals surface area contributed by atoms with Crippen molar-refractivity contribution in [2.24, 2.45) is 5.92 Å². The zero-order valence-corrected chi connectivity index (χ0v) is 19.4. The average Bonchev–Trinajstić information content (AvgIpc) is 3.26. The van der Waals surface area contributed by atoms with Crippen molar-refractivity contribution in [2.75, 3.05) is 26.2 Å². The van der Waals surface area contributed by atoms with Gasteiger partial charge in [-0.1, -0.05) is 55.8 Å². The molecule has 0 aliphatic carbocycles. The second-order valence-electron chi connectivity index (χ2n) is 8.99. The van der Waals surface area contributed by atoms with E-state index >= 15 is 0 Å². The zero-order valence-electron chi connectivity index (χ0n) is 19.4. The molecule has 1 saturated heterocycles. The van der Waals surface area contributed by atoms with Crippen molar-refractivity contribution in [1.82, 2.24) is 10.2 Å².